The van der Waals surface area contributed by atoms with Gasteiger partial charge in [0.05, 0.1) is 0 Å². The van der Waals surface area contributed by atoms with Crippen molar-refractivity contribution < 1.29 is 0 Å². The molecule has 52 valence electrons. The van der Waals surface area contributed by atoms with E-state index in [9.17, 15) is 0 Å². The van der Waals surface area contributed by atoms with Gasteiger partial charge < -0.3 is 5.73 Å². The number of rotatable bonds is 2. The van der Waals surface area contributed by atoms with Crippen molar-refractivity contribution >= 4 is 0 Å². The van der Waals surface area contributed by atoms with Crippen LogP contribution in [0.3, 0.4) is 0 Å². The highest BCUT2D eigenvalue weighted by Crippen LogP contribution is 1.96. The molecule has 0 aliphatic heterocycles. The standard InChI is InChI=1S/C8H10N2/c9-5-1-2-8-3-6-10-7-4-8/h1,3-7H,2,9H2. The Morgan fingerprint density at radius 2 is 2.10 bits per heavy atom. The molecule has 0 aromatic carbocycles. The highest BCUT2D eigenvalue weighted by Gasteiger charge is 1.83. The lowest BCUT2D eigenvalue weighted by molar-refractivity contribution is 1.20. The molecule has 1 heterocycles. The third-order valence-corrected chi connectivity index (χ3v) is 1.24. The molecule has 0 fully saturated rings. The van der Waals surface area contributed by atoms with Crippen LogP contribution in [0.2, 0.25) is 0 Å². The lowest BCUT2D eigenvalue weighted by Crippen LogP contribution is -1.82. The Morgan fingerprint density at radius 3 is 2.70 bits per heavy atom. The zero-order valence-electron chi connectivity index (χ0n) is 5.70. The molecule has 1 aromatic rings. The van der Waals surface area contributed by atoms with Gasteiger partial charge in [0, 0.05) is 12.4 Å². The fraction of sp³-hybridized carbons (Fsp3) is 0.125. The van der Waals surface area contributed by atoms with E-state index in [0.29, 0.717) is 0 Å². The summed E-state index contributed by atoms with van der Waals surface area (Å²) in [5.74, 6) is 0. The van der Waals surface area contributed by atoms with E-state index in [4.69, 9.17) is 5.73 Å². The monoisotopic (exact) mass is 134 g/mol. The first-order chi connectivity index (χ1) is 4.93. The zero-order chi connectivity index (χ0) is 7.23. The molecule has 2 heteroatoms. The van der Waals surface area contributed by atoms with Crippen LogP contribution in [0.15, 0.2) is 36.8 Å². The van der Waals surface area contributed by atoms with E-state index in [-0.39, 0.29) is 0 Å². The molecule has 0 spiro atoms. The van der Waals surface area contributed by atoms with Gasteiger partial charge >= 0.3 is 0 Å². The Kier molecular flexibility index (Phi) is 2.49. The van der Waals surface area contributed by atoms with Crippen LogP contribution in [0.1, 0.15) is 5.56 Å². The third kappa shape index (κ3) is 1.90. The molecule has 0 atom stereocenters. The topological polar surface area (TPSA) is 38.9 Å². The third-order valence-electron chi connectivity index (χ3n) is 1.24. The molecule has 2 N–H and O–H groups in total. The summed E-state index contributed by atoms with van der Waals surface area (Å²) in [4.78, 5) is 3.90. The Labute approximate surface area is 60.4 Å². The van der Waals surface area contributed by atoms with E-state index in [0.717, 1.165) is 6.42 Å². The van der Waals surface area contributed by atoms with E-state index in [2.05, 4.69) is 4.98 Å². The fourth-order valence-corrected chi connectivity index (χ4v) is 0.723. The van der Waals surface area contributed by atoms with Gasteiger partial charge in [-0.2, -0.15) is 0 Å². The molecule has 0 aliphatic rings. The molecule has 1 aromatic heterocycles. The SMILES string of the molecule is NC=CCc1ccncc1. The minimum absolute atomic E-state index is 0.888. The summed E-state index contributed by atoms with van der Waals surface area (Å²) in [6.07, 6.45) is 7.91. The number of nitrogens with two attached hydrogens (primary N) is 1. The molecule has 0 aliphatic carbocycles. The summed E-state index contributed by atoms with van der Waals surface area (Å²) < 4.78 is 0. The van der Waals surface area contributed by atoms with Crippen molar-refractivity contribution in [1.82, 2.24) is 4.98 Å². The second kappa shape index (κ2) is 3.67. The number of nitrogens with zero attached hydrogens (tertiary/aromatic N) is 1. The average molecular weight is 134 g/mol. The lowest BCUT2D eigenvalue weighted by atomic mass is 10.2. The molecule has 0 bridgehead atoms. The second-order valence-electron chi connectivity index (χ2n) is 1.99. The van der Waals surface area contributed by atoms with Crippen LogP contribution in [0.25, 0.3) is 0 Å². The molecule has 10 heavy (non-hydrogen) atoms. The summed E-state index contributed by atoms with van der Waals surface area (Å²) in [7, 11) is 0. The summed E-state index contributed by atoms with van der Waals surface area (Å²) in [6.45, 7) is 0. The van der Waals surface area contributed by atoms with Crippen molar-refractivity contribution in [3.05, 3.63) is 42.4 Å². The Morgan fingerprint density at radius 1 is 1.40 bits per heavy atom. The largest absolute Gasteiger partial charge is 0.405 e. The first-order valence-corrected chi connectivity index (χ1v) is 3.19. The summed E-state index contributed by atoms with van der Waals surface area (Å²) in [5, 5.41) is 0. The smallest absolute Gasteiger partial charge is 0.0270 e. The number of hydrogen-bond acceptors (Lipinski definition) is 2. The van der Waals surface area contributed by atoms with Gasteiger partial charge in [-0.05, 0) is 30.3 Å². The molecule has 0 radical (unpaired) electrons. The van der Waals surface area contributed by atoms with Crippen LogP contribution >= 0.6 is 0 Å². The average Bonchev–Trinajstić information content (AvgIpc) is 2.03. The van der Waals surface area contributed by atoms with Crippen LogP contribution in [0.4, 0.5) is 0 Å². The normalized spacial score (nSPS) is 10.4. The van der Waals surface area contributed by atoms with E-state index in [1.807, 2.05) is 18.2 Å². The quantitative estimate of drug-likeness (QED) is 0.657. The molecule has 0 amide bonds. The van der Waals surface area contributed by atoms with Crippen LogP contribution in [0, 0.1) is 0 Å². The lowest BCUT2D eigenvalue weighted by Gasteiger charge is -1.91. The Hall–Kier alpha value is -1.31. The molecule has 2 nitrogen and oxygen atoms in total. The maximum absolute atomic E-state index is 5.18. The minimum Gasteiger partial charge on any atom is -0.405 e. The molecule has 1 rings (SSSR count). The highest BCUT2D eigenvalue weighted by molar-refractivity contribution is 5.12. The van der Waals surface area contributed by atoms with Crippen molar-refractivity contribution in [3.63, 3.8) is 0 Å². The summed E-state index contributed by atoms with van der Waals surface area (Å²) >= 11 is 0. The fourth-order valence-electron chi connectivity index (χ4n) is 0.723. The summed E-state index contributed by atoms with van der Waals surface area (Å²) in [5.41, 5.74) is 6.41. The molecular weight excluding hydrogens is 124 g/mol. The van der Waals surface area contributed by atoms with Gasteiger partial charge in [0.15, 0.2) is 0 Å². The van der Waals surface area contributed by atoms with Gasteiger partial charge in [-0.1, -0.05) is 6.08 Å². The van der Waals surface area contributed by atoms with Crippen LogP contribution in [-0.2, 0) is 6.42 Å². The van der Waals surface area contributed by atoms with Crippen LogP contribution in [0.5, 0.6) is 0 Å². The zero-order valence-corrected chi connectivity index (χ0v) is 5.70. The van der Waals surface area contributed by atoms with Crippen molar-refractivity contribution in [1.29, 1.82) is 0 Å². The van der Waals surface area contributed by atoms with Gasteiger partial charge in [-0.15, -0.1) is 0 Å². The van der Waals surface area contributed by atoms with Gasteiger partial charge in [0.25, 0.3) is 0 Å². The number of allylic oxidation sites excluding steroid dienone is 1. The van der Waals surface area contributed by atoms with Crippen molar-refractivity contribution in [2.45, 2.75) is 6.42 Å². The van der Waals surface area contributed by atoms with E-state index < -0.39 is 0 Å². The van der Waals surface area contributed by atoms with Crippen molar-refractivity contribution in [2.24, 2.45) is 5.73 Å². The van der Waals surface area contributed by atoms with Crippen molar-refractivity contribution in [3.8, 4) is 0 Å². The number of aromatic nitrogens is 1. The molecular formula is C8H10N2. The maximum atomic E-state index is 5.18. The summed E-state index contributed by atoms with van der Waals surface area (Å²) in [6, 6.07) is 3.94. The predicted molar refractivity (Wildman–Crippen MR) is 41.3 cm³/mol. The van der Waals surface area contributed by atoms with Crippen molar-refractivity contribution in [2.75, 3.05) is 0 Å². The first-order valence-electron chi connectivity index (χ1n) is 3.19. The number of pyridine rings is 1. The Bertz CT molecular complexity index is 204. The van der Waals surface area contributed by atoms with E-state index in [1.54, 1.807) is 18.6 Å². The maximum Gasteiger partial charge on any atom is 0.0270 e. The van der Waals surface area contributed by atoms with Gasteiger partial charge in [0.1, 0.15) is 0 Å². The molecule has 0 unspecified atom stereocenters. The minimum atomic E-state index is 0.888. The van der Waals surface area contributed by atoms with E-state index in [1.165, 1.54) is 5.56 Å². The Balaban J connectivity index is 2.59. The van der Waals surface area contributed by atoms with E-state index >= 15 is 0 Å². The molecule has 0 saturated heterocycles. The first kappa shape index (κ1) is 6.81. The van der Waals surface area contributed by atoms with Crippen LogP contribution < -0.4 is 5.73 Å². The highest BCUT2D eigenvalue weighted by atomic mass is 14.6. The van der Waals surface area contributed by atoms with Gasteiger partial charge in [0.2, 0.25) is 0 Å². The molecule has 0 saturated carbocycles. The van der Waals surface area contributed by atoms with Crippen LogP contribution in [-0.4, -0.2) is 4.98 Å². The van der Waals surface area contributed by atoms with Gasteiger partial charge in [-0.3, -0.25) is 4.98 Å². The predicted octanol–water partition coefficient (Wildman–Crippen LogP) is 1.10. The number of hydrogen-bond donors (Lipinski definition) is 1. The van der Waals surface area contributed by atoms with Gasteiger partial charge in [-0.25, -0.2) is 0 Å². The second-order valence-corrected chi connectivity index (χ2v) is 1.99.